The Morgan fingerprint density at radius 3 is 2.75 bits per heavy atom. The Morgan fingerprint density at radius 1 is 1.40 bits per heavy atom. The van der Waals surface area contributed by atoms with E-state index in [1.54, 1.807) is 0 Å². The van der Waals surface area contributed by atoms with Gasteiger partial charge in [-0.2, -0.15) is 5.26 Å². The van der Waals surface area contributed by atoms with Crippen molar-refractivity contribution in [2.45, 2.75) is 77.3 Å². The molecule has 1 fully saturated rings. The lowest BCUT2D eigenvalue weighted by Crippen LogP contribution is -2.42. The van der Waals surface area contributed by atoms with E-state index in [-0.39, 0.29) is 5.54 Å². The first-order valence-electron chi connectivity index (χ1n) is 8.37. The Bertz CT molecular complexity index is 310. The summed E-state index contributed by atoms with van der Waals surface area (Å²) < 4.78 is 0. The second kappa shape index (κ2) is 8.64. The topological polar surface area (TPSA) is 39.1 Å². The van der Waals surface area contributed by atoms with E-state index >= 15 is 0 Å². The molecule has 1 aliphatic carbocycles. The number of hydrogen-bond donors (Lipinski definition) is 1. The van der Waals surface area contributed by atoms with Crippen LogP contribution in [0.4, 0.5) is 0 Å². The molecule has 0 amide bonds. The fraction of sp³-hybridized carbons (Fsp3) is 0.941. The fourth-order valence-electron chi connectivity index (χ4n) is 3.25. The van der Waals surface area contributed by atoms with Crippen LogP contribution in [0.5, 0.6) is 0 Å². The van der Waals surface area contributed by atoms with Gasteiger partial charge in [0.25, 0.3) is 0 Å². The zero-order valence-electron chi connectivity index (χ0n) is 13.9. The molecule has 3 unspecified atom stereocenters. The maximum Gasteiger partial charge on any atom is 0.103 e. The molecule has 0 radical (unpaired) electrons. The first-order valence-corrected chi connectivity index (χ1v) is 8.37. The molecule has 0 aromatic carbocycles. The third-order valence-corrected chi connectivity index (χ3v) is 4.73. The largest absolute Gasteiger partial charge is 0.303 e. The van der Waals surface area contributed by atoms with Crippen LogP contribution in [0.25, 0.3) is 0 Å². The highest BCUT2D eigenvalue weighted by molar-refractivity contribution is 5.03. The minimum Gasteiger partial charge on any atom is -0.303 e. The normalized spacial score (nSPS) is 26.2. The Kier molecular flexibility index (Phi) is 7.55. The third kappa shape index (κ3) is 5.81. The van der Waals surface area contributed by atoms with Gasteiger partial charge in [-0.1, -0.05) is 26.7 Å². The lowest BCUT2D eigenvalue weighted by Gasteiger charge is -2.34. The van der Waals surface area contributed by atoms with Crippen molar-refractivity contribution in [2.24, 2.45) is 5.92 Å². The number of nitrogens with one attached hydrogen (secondary N) is 1. The Balaban J connectivity index is 2.29. The van der Waals surface area contributed by atoms with Gasteiger partial charge >= 0.3 is 0 Å². The fourth-order valence-corrected chi connectivity index (χ4v) is 3.25. The summed E-state index contributed by atoms with van der Waals surface area (Å²) in [5, 5.41) is 12.7. The first kappa shape index (κ1) is 17.5. The maximum absolute atomic E-state index is 9.33. The lowest BCUT2D eigenvalue weighted by molar-refractivity contribution is 0.159. The van der Waals surface area contributed by atoms with Gasteiger partial charge in [-0.15, -0.1) is 0 Å². The van der Waals surface area contributed by atoms with Crippen LogP contribution in [-0.2, 0) is 0 Å². The molecule has 0 aromatic rings. The molecule has 20 heavy (non-hydrogen) atoms. The van der Waals surface area contributed by atoms with E-state index in [0.29, 0.717) is 0 Å². The Labute approximate surface area is 125 Å². The molecule has 0 heterocycles. The Morgan fingerprint density at radius 2 is 2.15 bits per heavy atom. The van der Waals surface area contributed by atoms with Crippen LogP contribution < -0.4 is 5.32 Å². The van der Waals surface area contributed by atoms with Gasteiger partial charge in [-0.3, -0.25) is 5.32 Å². The molecular weight excluding hydrogens is 246 g/mol. The van der Waals surface area contributed by atoms with Crippen molar-refractivity contribution >= 4 is 0 Å². The minimum absolute atomic E-state index is 0.350. The quantitative estimate of drug-likeness (QED) is 0.738. The molecular formula is C17H33N3. The number of nitriles is 1. The second-order valence-electron chi connectivity index (χ2n) is 6.88. The van der Waals surface area contributed by atoms with Gasteiger partial charge in [0.1, 0.15) is 5.54 Å². The highest BCUT2D eigenvalue weighted by Crippen LogP contribution is 2.27. The predicted octanol–water partition coefficient (Wildman–Crippen LogP) is 3.56. The van der Waals surface area contributed by atoms with Crippen LogP contribution in [0.15, 0.2) is 0 Å². The van der Waals surface area contributed by atoms with E-state index in [2.05, 4.69) is 37.2 Å². The SMILES string of the molecule is CCCNC(C)(C#N)CCCN(C)C1CCCC(C)C1. The lowest BCUT2D eigenvalue weighted by atomic mass is 9.86. The molecule has 0 spiro atoms. The molecule has 3 nitrogen and oxygen atoms in total. The van der Waals surface area contributed by atoms with E-state index in [0.717, 1.165) is 44.3 Å². The summed E-state index contributed by atoms with van der Waals surface area (Å²) >= 11 is 0. The van der Waals surface area contributed by atoms with E-state index in [1.807, 2.05) is 6.92 Å². The van der Waals surface area contributed by atoms with Crippen molar-refractivity contribution < 1.29 is 0 Å². The van der Waals surface area contributed by atoms with Gasteiger partial charge in [0, 0.05) is 6.04 Å². The maximum atomic E-state index is 9.33. The van der Waals surface area contributed by atoms with Crippen LogP contribution >= 0.6 is 0 Å². The predicted molar refractivity (Wildman–Crippen MR) is 85.6 cm³/mol. The molecule has 0 aromatic heterocycles. The van der Waals surface area contributed by atoms with Gasteiger partial charge < -0.3 is 4.90 Å². The third-order valence-electron chi connectivity index (χ3n) is 4.73. The monoisotopic (exact) mass is 279 g/mol. The smallest absolute Gasteiger partial charge is 0.103 e. The molecule has 116 valence electrons. The van der Waals surface area contributed by atoms with Crippen molar-refractivity contribution in [2.75, 3.05) is 20.1 Å². The molecule has 3 atom stereocenters. The molecule has 1 rings (SSSR count). The van der Waals surface area contributed by atoms with Crippen molar-refractivity contribution in [3.63, 3.8) is 0 Å². The van der Waals surface area contributed by atoms with Gasteiger partial charge in [0.05, 0.1) is 6.07 Å². The van der Waals surface area contributed by atoms with E-state index in [4.69, 9.17) is 0 Å². The second-order valence-corrected chi connectivity index (χ2v) is 6.88. The van der Waals surface area contributed by atoms with E-state index < -0.39 is 0 Å². The van der Waals surface area contributed by atoms with Crippen LogP contribution in [0.3, 0.4) is 0 Å². The summed E-state index contributed by atoms with van der Waals surface area (Å²) in [4.78, 5) is 2.52. The van der Waals surface area contributed by atoms with E-state index in [9.17, 15) is 5.26 Å². The molecule has 3 heteroatoms. The molecule has 1 saturated carbocycles. The summed E-state index contributed by atoms with van der Waals surface area (Å²) in [5.41, 5.74) is -0.350. The number of rotatable bonds is 8. The van der Waals surface area contributed by atoms with Crippen molar-refractivity contribution in [1.82, 2.24) is 10.2 Å². The summed E-state index contributed by atoms with van der Waals surface area (Å²) in [5.74, 6) is 0.881. The van der Waals surface area contributed by atoms with Gasteiger partial charge in [0.2, 0.25) is 0 Å². The van der Waals surface area contributed by atoms with Crippen LogP contribution in [0.2, 0.25) is 0 Å². The average Bonchev–Trinajstić information content (AvgIpc) is 2.45. The highest BCUT2D eigenvalue weighted by atomic mass is 15.1. The molecule has 0 bridgehead atoms. The number of nitrogens with zero attached hydrogens (tertiary/aromatic N) is 2. The van der Waals surface area contributed by atoms with Crippen LogP contribution in [-0.4, -0.2) is 36.6 Å². The van der Waals surface area contributed by atoms with Crippen molar-refractivity contribution in [3.05, 3.63) is 0 Å². The molecule has 0 aliphatic heterocycles. The highest BCUT2D eigenvalue weighted by Gasteiger charge is 2.24. The van der Waals surface area contributed by atoms with Gasteiger partial charge in [-0.25, -0.2) is 0 Å². The molecule has 0 saturated heterocycles. The van der Waals surface area contributed by atoms with Crippen LogP contribution in [0.1, 0.15) is 65.7 Å². The van der Waals surface area contributed by atoms with E-state index in [1.165, 1.54) is 25.7 Å². The van der Waals surface area contributed by atoms with Gasteiger partial charge in [0.15, 0.2) is 0 Å². The molecule has 1 N–H and O–H groups in total. The Hall–Kier alpha value is -0.590. The number of hydrogen-bond acceptors (Lipinski definition) is 3. The summed E-state index contributed by atoms with van der Waals surface area (Å²) in [7, 11) is 2.26. The van der Waals surface area contributed by atoms with Crippen molar-refractivity contribution in [3.8, 4) is 6.07 Å². The minimum atomic E-state index is -0.350. The zero-order chi connectivity index (χ0) is 15.0. The standard InChI is InChI=1S/C17H33N3/c1-5-11-19-17(3,14-18)10-7-12-20(4)16-9-6-8-15(2)13-16/h15-16,19H,5-13H2,1-4H3. The summed E-state index contributed by atoms with van der Waals surface area (Å²) in [6.45, 7) is 8.60. The summed E-state index contributed by atoms with van der Waals surface area (Å²) in [6.07, 6.45) is 8.60. The molecule has 1 aliphatic rings. The zero-order valence-corrected chi connectivity index (χ0v) is 13.9. The van der Waals surface area contributed by atoms with Gasteiger partial charge in [-0.05, 0) is 65.1 Å². The first-order chi connectivity index (χ1) is 9.50. The average molecular weight is 279 g/mol. The van der Waals surface area contributed by atoms with Crippen LogP contribution in [0, 0.1) is 17.2 Å². The van der Waals surface area contributed by atoms with Crippen molar-refractivity contribution in [1.29, 1.82) is 5.26 Å². The summed E-state index contributed by atoms with van der Waals surface area (Å²) in [6, 6.07) is 3.20.